The van der Waals surface area contributed by atoms with Crippen molar-refractivity contribution in [2.75, 3.05) is 0 Å². The highest BCUT2D eigenvalue weighted by Gasteiger charge is 2.24. The van der Waals surface area contributed by atoms with Gasteiger partial charge in [0.15, 0.2) is 5.82 Å². The minimum absolute atomic E-state index is 0.175. The predicted molar refractivity (Wildman–Crippen MR) is 123 cm³/mol. The number of carbonyl (C=O) groups is 2. The van der Waals surface area contributed by atoms with E-state index in [-0.39, 0.29) is 11.8 Å². The number of amides is 1. The van der Waals surface area contributed by atoms with E-state index in [0.717, 1.165) is 26.7 Å². The van der Waals surface area contributed by atoms with Crippen LogP contribution in [0.2, 0.25) is 0 Å². The van der Waals surface area contributed by atoms with Gasteiger partial charge in [0.05, 0.1) is 10.0 Å². The normalized spacial score (nSPS) is 11.1. The molecule has 0 saturated heterocycles. The molecule has 0 bridgehead atoms. The zero-order valence-corrected chi connectivity index (χ0v) is 19.5. The van der Waals surface area contributed by atoms with Crippen LogP contribution >= 0.6 is 15.9 Å². The summed E-state index contributed by atoms with van der Waals surface area (Å²) >= 11 is 3.34. The van der Waals surface area contributed by atoms with Gasteiger partial charge in [-0.25, -0.2) is 14.8 Å². The third kappa shape index (κ3) is 5.35. The van der Waals surface area contributed by atoms with Crippen LogP contribution < -0.4 is 5.48 Å². The van der Waals surface area contributed by atoms with Gasteiger partial charge >= 0.3 is 5.97 Å². The van der Waals surface area contributed by atoms with E-state index in [9.17, 15) is 9.59 Å². The molecule has 1 N–H and O–H groups in total. The number of aromatic nitrogens is 2. The van der Waals surface area contributed by atoms with Crippen molar-refractivity contribution in [3.8, 4) is 22.5 Å². The number of nitrogens with zero attached hydrogens (tertiary/aromatic N) is 2. The van der Waals surface area contributed by atoms with Gasteiger partial charge in [-0.1, -0.05) is 64.1 Å². The Balaban J connectivity index is 2.04. The quantitative estimate of drug-likeness (QED) is 0.499. The molecule has 3 aromatic rings. The van der Waals surface area contributed by atoms with Gasteiger partial charge < -0.3 is 4.84 Å². The van der Waals surface area contributed by atoms with Crippen molar-refractivity contribution in [3.63, 3.8) is 0 Å². The highest BCUT2D eigenvalue weighted by Crippen LogP contribution is 2.36. The molecule has 0 aliphatic carbocycles. The smallest absolute Gasteiger partial charge is 0.331 e. The van der Waals surface area contributed by atoms with Crippen LogP contribution in [0.1, 0.15) is 50.0 Å². The summed E-state index contributed by atoms with van der Waals surface area (Å²) in [5.41, 5.74) is 6.04. The molecule has 7 heteroatoms. The molecule has 0 radical (unpaired) electrons. The molecule has 1 heterocycles. The second-order valence-corrected chi connectivity index (χ2v) is 8.95. The monoisotopic (exact) mass is 481 g/mol. The molecule has 0 atom stereocenters. The van der Waals surface area contributed by atoms with E-state index < -0.39 is 11.9 Å². The Labute approximate surface area is 190 Å². The largest absolute Gasteiger partial charge is 0.341 e. The number of nitrogens with one attached hydrogen (secondary N) is 1. The Morgan fingerprint density at radius 3 is 2.19 bits per heavy atom. The maximum Gasteiger partial charge on any atom is 0.331 e. The Bertz CT molecular complexity index is 1090. The van der Waals surface area contributed by atoms with E-state index in [2.05, 4.69) is 52.1 Å². The summed E-state index contributed by atoms with van der Waals surface area (Å²) in [7, 11) is 0. The molecule has 1 amide bonds. The maximum atomic E-state index is 12.8. The first-order valence-corrected chi connectivity index (χ1v) is 10.7. The van der Waals surface area contributed by atoms with Gasteiger partial charge in [-0.15, -0.1) is 0 Å². The maximum absolute atomic E-state index is 12.8. The summed E-state index contributed by atoms with van der Waals surface area (Å²) in [6, 6.07) is 13.3. The van der Waals surface area contributed by atoms with Crippen molar-refractivity contribution in [3.05, 3.63) is 70.5 Å². The fraction of sp³-hybridized carbons (Fsp3) is 0.250. The van der Waals surface area contributed by atoms with Gasteiger partial charge in [0.25, 0.3) is 5.91 Å². The first-order chi connectivity index (χ1) is 14.7. The standard InChI is InChI=1S/C24H24BrN3O3/c1-5-20(29)31-28-23(30)18-7-6-8-19(24(2,3)4)21(18)15-9-11-16(12-10-15)22-26-13-17(25)14-27-22/h6-14H,5H2,1-4H3,(H,28,30). The topological polar surface area (TPSA) is 81.2 Å². The minimum Gasteiger partial charge on any atom is -0.341 e. The van der Waals surface area contributed by atoms with Crippen molar-refractivity contribution in [2.24, 2.45) is 0 Å². The predicted octanol–water partition coefficient (Wildman–Crippen LogP) is 5.47. The molecule has 0 aliphatic heterocycles. The molecule has 2 aromatic carbocycles. The van der Waals surface area contributed by atoms with Gasteiger partial charge in [0, 0.05) is 24.4 Å². The van der Waals surface area contributed by atoms with E-state index in [1.54, 1.807) is 25.4 Å². The number of halogens is 1. The van der Waals surface area contributed by atoms with E-state index in [1.807, 2.05) is 36.4 Å². The average Bonchev–Trinajstić information content (AvgIpc) is 2.76. The minimum atomic E-state index is -0.499. The number of benzene rings is 2. The van der Waals surface area contributed by atoms with Crippen LogP contribution in [0.4, 0.5) is 0 Å². The fourth-order valence-electron chi connectivity index (χ4n) is 3.16. The highest BCUT2D eigenvalue weighted by atomic mass is 79.9. The third-order valence-electron chi connectivity index (χ3n) is 4.72. The van der Waals surface area contributed by atoms with Crippen LogP contribution in [-0.4, -0.2) is 21.8 Å². The second kappa shape index (κ2) is 9.39. The van der Waals surface area contributed by atoms with E-state index in [0.29, 0.717) is 11.4 Å². The molecular weight excluding hydrogens is 458 g/mol. The summed E-state index contributed by atoms with van der Waals surface area (Å²) in [6.45, 7) is 7.94. The molecule has 3 rings (SSSR count). The van der Waals surface area contributed by atoms with Crippen LogP contribution in [0.3, 0.4) is 0 Å². The van der Waals surface area contributed by atoms with Gasteiger partial charge in [0.1, 0.15) is 0 Å². The Hall–Kier alpha value is -3.06. The summed E-state index contributed by atoms with van der Waals surface area (Å²) in [4.78, 5) is 37.8. The van der Waals surface area contributed by atoms with Gasteiger partial charge in [-0.3, -0.25) is 4.79 Å². The van der Waals surface area contributed by atoms with Crippen molar-refractivity contribution in [1.82, 2.24) is 15.4 Å². The van der Waals surface area contributed by atoms with Crippen LogP contribution in [0.5, 0.6) is 0 Å². The van der Waals surface area contributed by atoms with Crippen LogP contribution in [0.15, 0.2) is 59.3 Å². The number of carbonyl (C=O) groups excluding carboxylic acids is 2. The second-order valence-electron chi connectivity index (χ2n) is 8.04. The lowest BCUT2D eigenvalue weighted by Gasteiger charge is -2.25. The number of hydrogen-bond acceptors (Lipinski definition) is 5. The molecule has 0 saturated carbocycles. The van der Waals surface area contributed by atoms with Gasteiger partial charge in [-0.05, 0) is 44.1 Å². The highest BCUT2D eigenvalue weighted by molar-refractivity contribution is 9.10. The van der Waals surface area contributed by atoms with Crippen molar-refractivity contribution in [1.29, 1.82) is 0 Å². The molecule has 0 unspecified atom stereocenters. The fourth-order valence-corrected chi connectivity index (χ4v) is 3.36. The first kappa shape index (κ1) is 22.6. The molecule has 0 spiro atoms. The van der Waals surface area contributed by atoms with Crippen LogP contribution in [0.25, 0.3) is 22.5 Å². The number of hydrogen-bond donors (Lipinski definition) is 1. The zero-order chi connectivity index (χ0) is 22.6. The van der Waals surface area contributed by atoms with Gasteiger partial charge in [0.2, 0.25) is 0 Å². The van der Waals surface area contributed by atoms with Crippen molar-refractivity contribution in [2.45, 2.75) is 39.5 Å². The Morgan fingerprint density at radius 2 is 1.61 bits per heavy atom. The molecule has 31 heavy (non-hydrogen) atoms. The third-order valence-corrected chi connectivity index (χ3v) is 5.12. The average molecular weight is 482 g/mol. The SMILES string of the molecule is CCC(=O)ONC(=O)c1cccc(C(C)(C)C)c1-c1ccc(-c2ncc(Br)cn2)cc1. The van der Waals surface area contributed by atoms with Crippen LogP contribution in [-0.2, 0) is 15.0 Å². The Kier molecular flexibility index (Phi) is 6.85. The molecule has 0 aliphatic rings. The zero-order valence-electron chi connectivity index (χ0n) is 17.9. The van der Waals surface area contributed by atoms with Gasteiger partial charge in [-0.2, -0.15) is 5.48 Å². The first-order valence-electron chi connectivity index (χ1n) is 9.92. The lowest BCUT2D eigenvalue weighted by atomic mass is 9.79. The van der Waals surface area contributed by atoms with Crippen molar-refractivity contribution < 1.29 is 14.4 Å². The van der Waals surface area contributed by atoms with Crippen molar-refractivity contribution >= 4 is 27.8 Å². The van der Waals surface area contributed by atoms with E-state index in [1.165, 1.54) is 0 Å². The van der Waals surface area contributed by atoms with E-state index >= 15 is 0 Å². The molecule has 0 fully saturated rings. The summed E-state index contributed by atoms with van der Waals surface area (Å²) in [5, 5.41) is 0. The number of hydroxylamine groups is 1. The molecule has 160 valence electrons. The van der Waals surface area contributed by atoms with Crippen LogP contribution in [0, 0.1) is 0 Å². The molecule has 1 aromatic heterocycles. The van der Waals surface area contributed by atoms with E-state index in [4.69, 9.17) is 4.84 Å². The lowest BCUT2D eigenvalue weighted by molar-refractivity contribution is -0.148. The summed E-state index contributed by atoms with van der Waals surface area (Å²) in [6.07, 6.45) is 3.57. The summed E-state index contributed by atoms with van der Waals surface area (Å²) < 4.78 is 0.811. The molecular formula is C24H24BrN3O3. The lowest BCUT2D eigenvalue weighted by Crippen LogP contribution is -2.28. The number of rotatable bonds is 4. The molecule has 6 nitrogen and oxygen atoms in total. The Morgan fingerprint density at radius 1 is 1.00 bits per heavy atom. The summed E-state index contributed by atoms with van der Waals surface area (Å²) in [5.74, 6) is -0.354.